The van der Waals surface area contributed by atoms with Crippen LogP contribution in [0.4, 0.5) is 11.5 Å². The van der Waals surface area contributed by atoms with E-state index in [0.717, 1.165) is 22.3 Å². The fraction of sp³-hybridized carbons (Fsp3) is 0.118. The average Bonchev–Trinajstić information content (AvgIpc) is 3.04. The van der Waals surface area contributed by atoms with Gasteiger partial charge in [-0.2, -0.15) is 0 Å². The zero-order valence-corrected chi connectivity index (χ0v) is 12.9. The van der Waals surface area contributed by atoms with E-state index in [-0.39, 0.29) is 11.1 Å². The Labute approximate surface area is 136 Å². The van der Waals surface area contributed by atoms with Crippen molar-refractivity contribution in [2.24, 2.45) is 0 Å². The van der Waals surface area contributed by atoms with Crippen LogP contribution in [0.1, 0.15) is 11.1 Å². The third-order valence-corrected chi connectivity index (χ3v) is 3.91. The number of rotatable bonds is 3. The second-order valence-electron chi connectivity index (χ2n) is 5.60. The zero-order valence-electron chi connectivity index (χ0n) is 12.9. The summed E-state index contributed by atoms with van der Waals surface area (Å²) in [4.78, 5) is 24.3. The van der Waals surface area contributed by atoms with E-state index in [1.54, 1.807) is 18.6 Å². The number of nitrogens with one attached hydrogen (secondary N) is 2. The lowest BCUT2D eigenvalue weighted by Crippen LogP contribution is -2.22. The molecule has 0 aliphatic rings. The monoisotopic (exact) mass is 321 g/mol. The Balaban J connectivity index is 1.85. The number of hydrogen-bond donors (Lipinski definition) is 3. The molecule has 4 rings (SSSR count). The summed E-state index contributed by atoms with van der Waals surface area (Å²) in [5, 5.41) is 12.7. The van der Waals surface area contributed by atoms with Crippen LogP contribution in [0.2, 0.25) is 0 Å². The van der Waals surface area contributed by atoms with Gasteiger partial charge in [0.15, 0.2) is 0 Å². The van der Waals surface area contributed by atoms with Gasteiger partial charge < -0.3 is 15.4 Å². The van der Waals surface area contributed by atoms with Crippen LogP contribution in [-0.4, -0.2) is 24.5 Å². The first-order valence-electron chi connectivity index (χ1n) is 7.48. The fourth-order valence-corrected chi connectivity index (χ4v) is 2.67. The Morgan fingerprint density at radius 1 is 1.29 bits per heavy atom. The summed E-state index contributed by atoms with van der Waals surface area (Å²) >= 11 is 0. The number of aromatic nitrogens is 4. The molecule has 0 radical (unpaired) electrons. The van der Waals surface area contributed by atoms with Crippen molar-refractivity contribution >= 4 is 28.2 Å². The van der Waals surface area contributed by atoms with Gasteiger partial charge in [-0.3, -0.25) is 9.20 Å². The lowest BCUT2D eigenvalue weighted by atomic mass is 10.2. The van der Waals surface area contributed by atoms with Gasteiger partial charge >= 0.3 is 0 Å². The highest BCUT2D eigenvalue weighted by Crippen LogP contribution is 2.21. The quantitative estimate of drug-likeness (QED) is 0.537. The number of aryl methyl sites for hydroxylation is 1. The molecule has 3 heterocycles. The lowest BCUT2D eigenvalue weighted by Gasteiger charge is -2.11. The van der Waals surface area contributed by atoms with Gasteiger partial charge in [-0.15, -0.1) is 0 Å². The normalized spacial score (nSPS) is 11.2. The summed E-state index contributed by atoms with van der Waals surface area (Å²) in [5.74, 6) is 0.348. The van der Waals surface area contributed by atoms with Crippen molar-refractivity contribution in [1.82, 2.24) is 19.4 Å². The molecule has 0 unspecified atom stereocenters. The van der Waals surface area contributed by atoms with Crippen molar-refractivity contribution < 1.29 is 5.11 Å². The minimum atomic E-state index is -0.393. The van der Waals surface area contributed by atoms with Gasteiger partial charge in [-0.25, -0.2) is 9.97 Å². The molecule has 24 heavy (non-hydrogen) atoms. The Bertz CT molecular complexity index is 1110. The number of benzene rings is 1. The topological polar surface area (TPSA) is 95.3 Å². The van der Waals surface area contributed by atoms with E-state index in [0.29, 0.717) is 11.5 Å². The second-order valence-corrected chi connectivity index (χ2v) is 5.60. The van der Waals surface area contributed by atoms with Crippen molar-refractivity contribution in [1.29, 1.82) is 0 Å². The fourth-order valence-electron chi connectivity index (χ4n) is 2.67. The predicted molar refractivity (Wildman–Crippen MR) is 91.5 cm³/mol. The number of pyridine rings is 1. The maximum Gasteiger partial charge on any atom is 0.265 e. The van der Waals surface area contributed by atoms with Gasteiger partial charge in [0, 0.05) is 11.9 Å². The molecule has 7 heteroatoms. The second kappa shape index (κ2) is 5.47. The van der Waals surface area contributed by atoms with E-state index in [1.807, 2.05) is 31.2 Å². The summed E-state index contributed by atoms with van der Waals surface area (Å²) in [7, 11) is 0. The van der Waals surface area contributed by atoms with E-state index in [4.69, 9.17) is 0 Å². The van der Waals surface area contributed by atoms with Gasteiger partial charge in [0.25, 0.3) is 5.56 Å². The molecule has 3 N–H and O–H groups in total. The van der Waals surface area contributed by atoms with Crippen LogP contribution in [0.25, 0.3) is 16.7 Å². The van der Waals surface area contributed by atoms with Crippen LogP contribution in [0.5, 0.6) is 0 Å². The van der Waals surface area contributed by atoms with E-state index in [2.05, 4.69) is 20.3 Å². The Kier molecular flexibility index (Phi) is 3.28. The molecular formula is C17H15N5O2. The molecule has 0 atom stereocenters. The largest absolute Gasteiger partial charge is 0.391 e. The molecule has 0 fully saturated rings. The number of fused-ring (bicyclic) bond motifs is 2. The highest BCUT2D eigenvalue weighted by Gasteiger charge is 2.13. The van der Waals surface area contributed by atoms with Crippen molar-refractivity contribution in [3.63, 3.8) is 0 Å². The first-order valence-corrected chi connectivity index (χ1v) is 7.48. The van der Waals surface area contributed by atoms with E-state index in [9.17, 15) is 9.90 Å². The molecule has 0 bridgehead atoms. The molecule has 0 saturated heterocycles. The first kappa shape index (κ1) is 14.4. The van der Waals surface area contributed by atoms with Crippen molar-refractivity contribution in [2.75, 3.05) is 5.32 Å². The summed E-state index contributed by atoms with van der Waals surface area (Å²) < 4.78 is 1.45. The number of aliphatic hydroxyl groups excluding tert-OH is 1. The van der Waals surface area contributed by atoms with Gasteiger partial charge in [0.05, 0.1) is 29.5 Å². The number of aromatic amines is 1. The molecule has 0 amide bonds. The van der Waals surface area contributed by atoms with Gasteiger partial charge in [-0.1, -0.05) is 6.07 Å². The van der Waals surface area contributed by atoms with Crippen molar-refractivity contribution in [2.45, 2.75) is 13.5 Å². The van der Waals surface area contributed by atoms with Crippen LogP contribution < -0.4 is 10.9 Å². The minimum absolute atomic E-state index is 0.222. The van der Waals surface area contributed by atoms with E-state index in [1.165, 1.54) is 4.40 Å². The third kappa shape index (κ3) is 2.31. The molecular weight excluding hydrogens is 306 g/mol. The summed E-state index contributed by atoms with van der Waals surface area (Å²) in [6.07, 6.45) is 3.33. The van der Waals surface area contributed by atoms with Crippen LogP contribution in [0.15, 0.2) is 47.7 Å². The van der Waals surface area contributed by atoms with Crippen LogP contribution in [0, 0.1) is 6.92 Å². The number of H-pyrrole nitrogens is 1. The Morgan fingerprint density at radius 3 is 3.00 bits per heavy atom. The SMILES string of the molecule is Cc1ccc2nc(Nc3ccc4[nH]cnc4c3)c(CO)c(=O)n2c1. The number of anilines is 2. The van der Waals surface area contributed by atoms with Crippen molar-refractivity contribution in [3.05, 3.63) is 64.3 Å². The van der Waals surface area contributed by atoms with Crippen molar-refractivity contribution in [3.8, 4) is 0 Å². The molecule has 4 aromatic rings. The highest BCUT2D eigenvalue weighted by molar-refractivity contribution is 5.80. The van der Waals surface area contributed by atoms with E-state index >= 15 is 0 Å². The summed E-state index contributed by atoms with van der Waals surface area (Å²) in [6, 6.07) is 9.27. The maximum absolute atomic E-state index is 12.6. The number of nitrogens with zero attached hydrogens (tertiary/aromatic N) is 3. The first-order chi connectivity index (χ1) is 11.7. The zero-order chi connectivity index (χ0) is 16.7. The molecule has 0 aliphatic heterocycles. The number of imidazole rings is 1. The van der Waals surface area contributed by atoms with Crippen LogP contribution in [0.3, 0.4) is 0 Å². The molecule has 120 valence electrons. The molecule has 0 spiro atoms. The standard InChI is InChI=1S/C17H15N5O2/c1-10-2-5-15-21-16(12(8-23)17(24)22(15)7-10)20-11-3-4-13-14(6-11)19-9-18-13/h2-7,9,20,23H,8H2,1H3,(H,18,19). The van der Waals surface area contributed by atoms with E-state index < -0.39 is 6.61 Å². The van der Waals surface area contributed by atoms with Gasteiger partial charge in [0.1, 0.15) is 11.5 Å². The molecule has 0 aliphatic carbocycles. The minimum Gasteiger partial charge on any atom is -0.391 e. The average molecular weight is 321 g/mol. The van der Waals surface area contributed by atoms with Crippen LogP contribution >= 0.6 is 0 Å². The molecule has 7 nitrogen and oxygen atoms in total. The number of aliphatic hydroxyl groups is 1. The van der Waals surface area contributed by atoms with Gasteiger partial charge in [0.2, 0.25) is 0 Å². The number of hydrogen-bond acceptors (Lipinski definition) is 5. The summed E-state index contributed by atoms with van der Waals surface area (Å²) in [6.45, 7) is 1.51. The maximum atomic E-state index is 12.6. The Morgan fingerprint density at radius 2 is 2.17 bits per heavy atom. The molecule has 0 saturated carbocycles. The molecule has 1 aromatic carbocycles. The third-order valence-electron chi connectivity index (χ3n) is 3.91. The molecule has 3 aromatic heterocycles. The predicted octanol–water partition coefficient (Wildman–Crippen LogP) is 2.12. The lowest BCUT2D eigenvalue weighted by molar-refractivity contribution is 0.280. The highest BCUT2D eigenvalue weighted by atomic mass is 16.3. The Hall–Kier alpha value is -3.19. The van der Waals surface area contributed by atoms with Gasteiger partial charge in [-0.05, 0) is 36.8 Å². The van der Waals surface area contributed by atoms with Crippen LogP contribution in [-0.2, 0) is 6.61 Å². The summed E-state index contributed by atoms with van der Waals surface area (Å²) in [5.41, 5.74) is 3.87. The smallest absolute Gasteiger partial charge is 0.265 e.